The predicted octanol–water partition coefficient (Wildman–Crippen LogP) is 4.86. The van der Waals surface area contributed by atoms with Crippen LogP contribution < -0.4 is 10.2 Å². The Morgan fingerprint density at radius 2 is 1.65 bits per heavy atom. The lowest BCUT2D eigenvalue weighted by atomic mass is 10.2. The van der Waals surface area contributed by atoms with E-state index < -0.39 is 0 Å². The van der Waals surface area contributed by atoms with Gasteiger partial charge in [-0.2, -0.15) is 15.0 Å². The van der Waals surface area contributed by atoms with Crippen molar-refractivity contribution < 1.29 is 0 Å². The molecular weight excluding hydrogens is 326 g/mol. The molecule has 0 aliphatic carbocycles. The molecule has 1 aromatic rings. The molecule has 0 bridgehead atoms. The summed E-state index contributed by atoms with van der Waals surface area (Å²) in [5, 5.41) is 4.01. The van der Waals surface area contributed by atoms with E-state index in [1.54, 1.807) is 10.8 Å². The van der Waals surface area contributed by atoms with Crippen LogP contribution in [0.5, 0.6) is 0 Å². The van der Waals surface area contributed by atoms with Crippen LogP contribution in [-0.4, -0.2) is 40.3 Å². The summed E-state index contributed by atoms with van der Waals surface area (Å²) < 4.78 is 0. The highest BCUT2D eigenvalue weighted by molar-refractivity contribution is 8.76. The summed E-state index contributed by atoms with van der Waals surface area (Å²) in [6.07, 6.45) is 6.60. The number of rotatable bonds is 13. The van der Waals surface area contributed by atoms with E-state index in [-0.39, 0.29) is 0 Å². The molecule has 1 N–H and O–H groups in total. The maximum Gasteiger partial charge on any atom is 0.231 e. The van der Waals surface area contributed by atoms with Crippen LogP contribution in [0.1, 0.15) is 59.8 Å². The van der Waals surface area contributed by atoms with Crippen molar-refractivity contribution in [3.8, 4) is 0 Å². The van der Waals surface area contributed by atoms with E-state index >= 15 is 0 Å². The van der Waals surface area contributed by atoms with Crippen LogP contribution in [0.2, 0.25) is 0 Å². The van der Waals surface area contributed by atoms with Crippen molar-refractivity contribution in [3.05, 3.63) is 0 Å². The summed E-state index contributed by atoms with van der Waals surface area (Å²) in [7, 11) is 3.51. The number of hydrogen-bond donors (Lipinski definition) is 1. The van der Waals surface area contributed by atoms with E-state index in [2.05, 4.69) is 52.9 Å². The summed E-state index contributed by atoms with van der Waals surface area (Å²) in [4.78, 5) is 15.8. The molecule has 5 nitrogen and oxygen atoms in total. The zero-order chi connectivity index (χ0) is 16.9. The highest BCUT2D eigenvalue weighted by atomic mass is 33.1. The molecule has 0 aliphatic rings. The SMILES string of the molecule is CCCCCCCSSc1nc(NCC)nc(N(CC)CC)n1. The molecule has 0 spiro atoms. The first-order valence-electron chi connectivity index (χ1n) is 8.79. The van der Waals surface area contributed by atoms with Gasteiger partial charge in [0.25, 0.3) is 0 Å². The summed E-state index contributed by atoms with van der Waals surface area (Å²) in [6, 6.07) is 0. The fourth-order valence-corrected chi connectivity index (χ4v) is 4.02. The quantitative estimate of drug-likeness (QED) is 0.399. The number of aromatic nitrogens is 3. The van der Waals surface area contributed by atoms with Crippen LogP contribution >= 0.6 is 21.6 Å². The lowest BCUT2D eigenvalue weighted by molar-refractivity contribution is 0.660. The smallest absolute Gasteiger partial charge is 0.231 e. The second-order valence-corrected chi connectivity index (χ2v) is 7.65. The van der Waals surface area contributed by atoms with E-state index in [1.807, 2.05) is 10.8 Å². The Hall–Kier alpha value is -0.690. The molecule has 0 atom stereocenters. The molecule has 132 valence electrons. The van der Waals surface area contributed by atoms with Gasteiger partial charge in [-0.15, -0.1) is 0 Å². The van der Waals surface area contributed by atoms with Gasteiger partial charge in [0.1, 0.15) is 0 Å². The van der Waals surface area contributed by atoms with E-state index in [0.717, 1.165) is 36.5 Å². The summed E-state index contributed by atoms with van der Waals surface area (Å²) in [5.74, 6) is 2.60. The van der Waals surface area contributed by atoms with Crippen LogP contribution in [0.3, 0.4) is 0 Å². The molecular formula is C16H31N5S2. The molecule has 0 amide bonds. The number of unbranched alkanes of at least 4 members (excludes halogenated alkanes) is 4. The van der Waals surface area contributed by atoms with Gasteiger partial charge in [-0.3, -0.25) is 0 Å². The highest BCUT2D eigenvalue weighted by Gasteiger charge is 2.11. The summed E-state index contributed by atoms with van der Waals surface area (Å²) in [5.41, 5.74) is 0. The van der Waals surface area contributed by atoms with Gasteiger partial charge in [-0.05, 0) is 38.0 Å². The zero-order valence-corrected chi connectivity index (χ0v) is 16.6. The minimum Gasteiger partial charge on any atom is -0.354 e. The number of nitrogens with one attached hydrogen (secondary N) is 1. The van der Waals surface area contributed by atoms with Gasteiger partial charge in [0.15, 0.2) is 0 Å². The molecule has 1 heterocycles. The molecule has 0 unspecified atom stereocenters. The first-order valence-corrected chi connectivity index (χ1v) is 11.1. The molecule has 0 aromatic carbocycles. The highest BCUT2D eigenvalue weighted by Crippen LogP contribution is 2.30. The molecule has 0 fully saturated rings. The van der Waals surface area contributed by atoms with E-state index in [0.29, 0.717) is 5.95 Å². The van der Waals surface area contributed by atoms with Crippen LogP contribution in [0.25, 0.3) is 0 Å². The monoisotopic (exact) mass is 357 g/mol. The third kappa shape index (κ3) is 8.11. The summed E-state index contributed by atoms with van der Waals surface area (Å²) >= 11 is 0. The van der Waals surface area contributed by atoms with Crippen molar-refractivity contribution in [1.29, 1.82) is 0 Å². The largest absolute Gasteiger partial charge is 0.354 e. The van der Waals surface area contributed by atoms with Crippen molar-refractivity contribution >= 4 is 33.5 Å². The normalized spacial score (nSPS) is 10.8. The van der Waals surface area contributed by atoms with Crippen LogP contribution in [0.4, 0.5) is 11.9 Å². The Bertz CT molecular complexity index is 427. The fourth-order valence-electron chi connectivity index (χ4n) is 2.13. The lowest BCUT2D eigenvalue weighted by Gasteiger charge is -2.19. The summed E-state index contributed by atoms with van der Waals surface area (Å²) in [6.45, 7) is 11.2. The number of hydrogen-bond acceptors (Lipinski definition) is 7. The van der Waals surface area contributed by atoms with Gasteiger partial charge in [-0.25, -0.2) is 0 Å². The van der Waals surface area contributed by atoms with E-state index in [1.165, 1.54) is 32.1 Å². The average molecular weight is 358 g/mol. The predicted molar refractivity (Wildman–Crippen MR) is 105 cm³/mol. The maximum atomic E-state index is 4.61. The first-order chi connectivity index (χ1) is 11.2. The van der Waals surface area contributed by atoms with Crippen LogP contribution in [-0.2, 0) is 0 Å². The van der Waals surface area contributed by atoms with Gasteiger partial charge in [0.05, 0.1) is 0 Å². The Kier molecular flexibility index (Phi) is 11.2. The van der Waals surface area contributed by atoms with Crippen molar-refractivity contribution in [3.63, 3.8) is 0 Å². The van der Waals surface area contributed by atoms with Gasteiger partial charge < -0.3 is 10.2 Å². The minimum absolute atomic E-state index is 0.676. The second-order valence-electron chi connectivity index (χ2n) is 5.26. The van der Waals surface area contributed by atoms with Gasteiger partial charge in [-0.1, -0.05) is 43.4 Å². The Morgan fingerprint density at radius 1 is 0.913 bits per heavy atom. The van der Waals surface area contributed by atoms with Crippen molar-refractivity contribution in [2.24, 2.45) is 0 Å². The molecule has 0 radical (unpaired) electrons. The maximum absolute atomic E-state index is 4.61. The molecule has 0 aliphatic heterocycles. The van der Waals surface area contributed by atoms with Crippen LogP contribution in [0.15, 0.2) is 5.16 Å². The average Bonchev–Trinajstić information content (AvgIpc) is 2.55. The lowest BCUT2D eigenvalue weighted by Crippen LogP contribution is -2.25. The third-order valence-corrected chi connectivity index (χ3v) is 5.65. The number of nitrogens with zero attached hydrogens (tertiary/aromatic N) is 4. The molecule has 1 aromatic heterocycles. The molecule has 0 saturated carbocycles. The van der Waals surface area contributed by atoms with E-state index in [4.69, 9.17) is 0 Å². The Labute approximate surface area is 149 Å². The zero-order valence-electron chi connectivity index (χ0n) is 15.0. The van der Waals surface area contributed by atoms with Crippen molar-refractivity contribution in [2.45, 2.75) is 65.0 Å². The first kappa shape index (κ1) is 20.4. The van der Waals surface area contributed by atoms with Gasteiger partial charge in [0, 0.05) is 25.4 Å². The topological polar surface area (TPSA) is 53.9 Å². The molecule has 0 saturated heterocycles. The molecule has 23 heavy (non-hydrogen) atoms. The fraction of sp³-hybridized carbons (Fsp3) is 0.812. The second kappa shape index (κ2) is 12.7. The Balaban J connectivity index is 2.55. The molecule has 7 heteroatoms. The van der Waals surface area contributed by atoms with Crippen LogP contribution in [0, 0.1) is 0 Å². The third-order valence-electron chi connectivity index (χ3n) is 3.45. The van der Waals surface area contributed by atoms with Gasteiger partial charge in [0.2, 0.25) is 17.1 Å². The molecule has 1 rings (SSSR count). The van der Waals surface area contributed by atoms with Crippen molar-refractivity contribution in [2.75, 3.05) is 35.6 Å². The minimum atomic E-state index is 0.676. The van der Waals surface area contributed by atoms with Crippen molar-refractivity contribution in [1.82, 2.24) is 15.0 Å². The standard InChI is InChI=1S/C16H31N5S2/c1-5-9-10-11-12-13-22-23-16-19-14(17-6-2)18-15(20-16)21(7-3)8-4/h5-13H2,1-4H3,(H,17,18,19,20). The van der Waals surface area contributed by atoms with Gasteiger partial charge >= 0.3 is 0 Å². The van der Waals surface area contributed by atoms with E-state index in [9.17, 15) is 0 Å². The Morgan fingerprint density at radius 3 is 2.30 bits per heavy atom. The number of anilines is 2.